The van der Waals surface area contributed by atoms with E-state index < -0.39 is 35.5 Å². The van der Waals surface area contributed by atoms with Crippen molar-refractivity contribution >= 4 is 11.4 Å². The van der Waals surface area contributed by atoms with Gasteiger partial charge in [-0.15, -0.1) is 0 Å². The number of likely N-dealkylation sites (tertiary alicyclic amines) is 1. The molecule has 2 aromatic rings. The van der Waals surface area contributed by atoms with Crippen molar-refractivity contribution in [2.75, 3.05) is 13.1 Å². The van der Waals surface area contributed by atoms with Gasteiger partial charge in [0.1, 0.15) is 17.7 Å². The van der Waals surface area contributed by atoms with Crippen molar-refractivity contribution in [2.24, 2.45) is 5.41 Å². The lowest BCUT2D eigenvalue weighted by atomic mass is 9.61. The van der Waals surface area contributed by atoms with Crippen LogP contribution in [-0.4, -0.2) is 45.6 Å². The summed E-state index contributed by atoms with van der Waals surface area (Å²) >= 11 is 0. The minimum absolute atomic E-state index is 0.0585. The van der Waals surface area contributed by atoms with Crippen LogP contribution in [0.2, 0.25) is 0 Å². The lowest BCUT2D eigenvalue weighted by Crippen LogP contribution is -2.67. The molecular formula is C17H15F6N3O2. The van der Waals surface area contributed by atoms with E-state index in [2.05, 4.69) is 4.98 Å². The molecule has 28 heavy (non-hydrogen) atoms. The van der Waals surface area contributed by atoms with Gasteiger partial charge in [0.15, 0.2) is 5.69 Å². The third-order valence-corrected chi connectivity index (χ3v) is 5.29. The van der Waals surface area contributed by atoms with Crippen LogP contribution in [0.25, 0.3) is 5.52 Å². The number of amides is 1. The highest BCUT2D eigenvalue weighted by molar-refractivity contribution is 5.82. The second-order valence-corrected chi connectivity index (χ2v) is 7.42. The van der Waals surface area contributed by atoms with Crippen LogP contribution in [0.3, 0.4) is 0 Å². The molecule has 152 valence electrons. The minimum atomic E-state index is -4.92. The van der Waals surface area contributed by atoms with Crippen LogP contribution in [0, 0.1) is 12.3 Å². The molecule has 2 fully saturated rings. The second-order valence-electron chi connectivity index (χ2n) is 7.42. The van der Waals surface area contributed by atoms with Crippen molar-refractivity contribution < 1.29 is 35.9 Å². The Balaban J connectivity index is 1.47. The van der Waals surface area contributed by atoms with E-state index in [1.165, 1.54) is 25.3 Å². The number of aryl methyl sites for hydroxylation is 1. The lowest BCUT2D eigenvalue weighted by molar-refractivity contribution is -0.205. The molecule has 5 nitrogen and oxygen atoms in total. The van der Waals surface area contributed by atoms with Gasteiger partial charge < -0.3 is 9.64 Å². The Kier molecular flexibility index (Phi) is 3.89. The molecule has 4 rings (SSSR count). The zero-order chi connectivity index (χ0) is 20.5. The minimum Gasteiger partial charge on any atom is -0.488 e. The largest absolute Gasteiger partial charge is 0.488 e. The number of alkyl halides is 6. The third kappa shape index (κ3) is 2.96. The Morgan fingerprint density at radius 3 is 2.39 bits per heavy atom. The smallest absolute Gasteiger partial charge is 0.471 e. The molecule has 0 atom stereocenters. The fraction of sp³-hybridized carbons (Fsp3) is 0.529. The first-order chi connectivity index (χ1) is 12.9. The molecule has 0 N–H and O–H groups in total. The molecule has 1 saturated carbocycles. The summed E-state index contributed by atoms with van der Waals surface area (Å²) in [7, 11) is 0. The zero-order valence-corrected chi connectivity index (χ0v) is 14.6. The topological polar surface area (TPSA) is 46.8 Å². The molecule has 0 unspecified atom stereocenters. The molecule has 1 saturated heterocycles. The van der Waals surface area contributed by atoms with E-state index in [4.69, 9.17) is 4.74 Å². The van der Waals surface area contributed by atoms with E-state index in [0.717, 1.165) is 4.40 Å². The molecule has 0 bridgehead atoms. The average molecular weight is 407 g/mol. The number of carbonyl (C=O) groups excluding carboxylic acids is 1. The normalized spacial score (nSPS) is 19.6. The van der Waals surface area contributed by atoms with Gasteiger partial charge in [-0.3, -0.25) is 9.20 Å². The molecular weight excluding hydrogens is 392 g/mol. The van der Waals surface area contributed by atoms with Crippen molar-refractivity contribution in [1.29, 1.82) is 0 Å². The van der Waals surface area contributed by atoms with Gasteiger partial charge in [-0.25, -0.2) is 4.98 Å². The van der Waals surface area contributed by atoms with Gasteiger partial charge in [0.05, 0.1) is 11.7 Å². The Morgan fingerprint density at radius 2 is 1.82 bits per heavy atom. The maximum Gasteiger partial charge on any atom is 0.471 e. The molecule has 1 amide bonds. The first kappa shape index (κ1) is 18.9. The van der Waals surface area contributed by atoms with Crippen LogP contribution in [0.1, 0.15) is 24.4 Å². The summed E-state index contributed by atoms with van der Waals surface area (Å²) in [6.45, 7) is 1.33. The summed E-state index contributed by atoms with van der Waals surface area (Å²) in [5.41, 5.74) is -1.19. The first-order valence-electron chi connectivity index (χ1n) is 8.47. The number of ether oxygens (including phenoxy) is 1. The number of halogens is 6. The number of hydrogen-bond donors (Lipinski definition) is 0. The van der Waals surface area contributed by atoms with Gasteiger partial charge in [0, 0.05) is 18.5 Å². The molecule has 11 heteroatoms. The van der Waals surface area contributed by atoms with Crippen molar-refractivity contribution in [2.45, 2.75) is 38.2 Å². The summed E-state index contributed by atoms with van der Waals surface area (Å²) in [5, 5.41) is 0. The third-order valence-electron chi connectivity index (χ3n) is 5.29. The summed E-state index contributed by atoms with van der Waals surface area (Å²) in [6, 6.07) is 2.69. The van der Waals surface area contributed by atoms with Crippen LogP contribution in [0.5, 0.6) is 5.75 Å². The summed E-state index contributed by atoms with van der Waals surface area (Å²) < 4.78 is 84.6. The van der Waals surface area contributed by atoms with Crippen LogP contribution in [-0.2, 0) is 11.0 Å². The predicted octanol–water partition coefficient (Wildman–Crippen LogP) is 3.59. The molecule has 2 aliphatic rings. The number of fused-ring (bicyclic) bond motifs is 1. The highest BCUT2D eigenvalue weighted by Crippen LogP contribution is 2.51. The standard InChI is InChI=1S/C17H15F6N3O2/c1-9-24-6-10-2-3-12(13(26(9)10)16(18,19)20)28-11-4-15(5-11)7-25(8-15)14(27)17(21,22)23/h2-3,6,11H,4-5,7-8H2,1H3. The van der Waals surface area contributed by atoms with Gasteiger partial charge in [-0.1, -0.05) is 0 Å². The van der Waals surface area contributed by atoms with E-state index in [-0.39, 0.29) is 30.2 Å². The van der Waals surface area contributed by atoms with E-state index in [1.54, 1.807) is 0 Å². The van der Waals surface area contributed by atoms with Gasteiger partial charge in [-0.2, -0.15) is 26.3 Å². The van der Waals surface area contributed by atoms with Gasteiger partial charge in [0.25, 0.3) is 0 Å². The summed E-state index contributed by atoms with van der Waals surface area (Å²) in [4.78, 5) is 15.8. The highest BCUT2D eigenvalue weighted by Gasteiger charge is 2.58. The monoisotopic (exact) mass is 407 g/mol. The number of aromatic nitrogens is 2. The Hall–Kier alpha value is -2.46. The Bertz CT molecular complexity index is 935. The lowest BCUT2D eigenvalue weighted by Gasteiger charge is -2.58. The highest BCUT2D eigenvalue weighted by atomic mass is 19.4. The predicted molar refractivity (Wildman–Crippen MR) is 83.6 cm³/mol. The van der Waals surface area contributed by atoms with E-state index in [9.17, 15) is 31.1 Å². The van der Waals surface area contributed by atoms with Crippen molar-refractivity contribution in [3.05, 3.63) is 29.8 Å². The van der Waals surface area contributed by atoms with Crippen molar-refractivity contribution in [1.82, 2.24) is 14.3 Å². The van der Waals surface area contributed by atoms with Gasteiger partial charge >= 0.3 is 18.3 Å². The number of hydrogen-bond acceptors (Lipinski definition) is 3. The molecule has 1 aliphatic heterocycles. The van der Waals surface area contributed by atoms with Crippen LogP contribution < -0.4 is 4.74 Å². The number of pyridine rings is 1. The molecule has 1 spiro atoms. The maximum absolute atomic E-state index is 13.6. The average Bonchev–Trinajstić information content (AvgIpc) is 2.86. The van der Waals surface area contributed by atoms with Crippen molar-refractivity contribution in [3.8, 4) is 5.75 Å². The van der Waals surface area contributed by atoms with E-state index >= 15 is 0 Å². The molecule has 0 radical (unpaired) electrons. The fourth-order valence-corrected chi connectivity index (χ4v) is 4.10. The summed E-state index contributed by atoms with van der Waals surface area (Å²) in [5.74, 6) is -2.07. The van der Waals surface area contributed by atoms with E-state index in [1.807, 2.05) is 0 Å². The summed E-state index contributed by atoms with van der Waals surface area (Å²) in [6.07, 6.45) is -8.21. The van der Waals surface area contributed by atoms with Gasteiger partial charge in [-0.05, 0) is 31.9 Å². The van der Waals surface area contributed by atoms with Crippen LogP contribution >= 0.6 is 0 Å². The van der Waals surface area contributed by atoms with Crippen LogP contribution in [0.4, 0.5) is 26.3 Å². The number of nitrogens with zero attached hydrogens (tertiary/aromatic N) is 3. The quantitative estimate of drug-likeness (QED) is 0.715. The van der Waals surface area contributed by atoms with E-state index in [0.29, 0.717) is 17.7 Å². The van der Waals surface area contributed by atoms with Crippen molar-refractivity contribution in [3.63, 3.8) is 0 Å². The first-order valence-corrected chi connectivity index (χ1v) is 8.47. The fourth-order valence-electron chi connectivity index (χ4n) is 4.10. The molecule has 3 heterocycles. The number of carbonyl (C=O) groups is 1. The molecule has 2 aromatic heterocycles. The number of rotatable bonds is 2. The Morgan fingerprint density at radius 1 is 1.18 bits per heavy atom. The second kappa shape index (κ2) is 5.77. The maximum atomic E-state index is 13.6. The molecule has 1 aliphatic carbocycles. The van der Waals surface area contributed by atoms with Crippen LogP contribution in [0.15, 0.2) is 18.3 Å². The Labute approximate surface area is 154 Å². The zero-order valence-electron chi connectivity index (χ0n) is 14.6. The number of imidazole rings is 1. The van der Waals surface area contributed by atoms with Gasteiger partial charge in [0.2, 0.25) is 0 Å². The SMILES string of the molecule is Cc1ncc2ccc(OC3CC4(C3)CN(C(=O)C(F)(F)F)C4)c(C(F)(F)F)n12. The molecule has 0 aromatic carbocycles.